The molecule has 0 radical (unpaired) electrons. The highest BCUT2D eigenvalue weighted by atomic mass is 79.9. The molecule has 0 amide bonds. The summed E-state index contributed by atoms with van der Waals surface area (Å²) in [5, 5.41) is 7.27. The molecule has 5 heteroatoms. The smallest absolute Gasteiger partial charge is 0.266 e. The predicted molar refractivity (Wildman–Crippen MR) is 45.2 cm³/mol. The van der Waals surface area contributed by atoms with E-state index in [1.807, 2.05) is 6.07 Å². The molecule has 0 aliphatic heterocycles. The average Bonchev–Trinajstić information content (AvgIpc) is 2.58. The van der Waals surface area contributed by atoms with Crippen molar-refractivity contribution in [1.82, 2.24) is 15.2 Å². The van der Waals surface area contributed by atoms with Crippen molar-refractivity contribution in [3.05, 3.63) is 29.2 Å². The Hall–Kier alpha value is -1.23. The number of hydrogen-bond acceptors (Lipinski definition) is 4. The van der Waals surface area contributed by atoms with Crippen LogP contribution >= 0.6 is 15.9 Å². The molecule has 2 aromatic rings. The first kappa shape index (κ1) is 7.42. The van der Waals surface area contributed by atoms with E-state index in [4.69, 9.17) is 4.42 Å². The summed E-state index contributed by atoms with van der Waals surface area (Å²) in [5.41, 5.74) is 0.677. The number of aromatic nitrogens is 3. The van der Waals surface area contributed by atoms with Gasteiger partial charge in [-0.05, 0) is 28.1 Å². The topological polar surface area (TPSA) is 51.8 Å². The van der Waals surface area contributed by atoms with E-state index in [0.717, 1.165) is 4.47 Å². The Morgan fingerprint density at radius 3 is 2.83 bits per heavy atom. The molecule has 2 rings (SSSR count). The summed E-state index contributed by atoms with van der Waals surface area (Å²) in [5.74, 6) is 0.433. The number of halogens is 1. The highest BCUT2D eigenvalue weighted by Crippen LogP contribution is 2.15. The summed E-state index contributed by atoms with van der Waals surface area (Å²) < 4.78 is 5.88. The van der Waals surface area contributed by atoms with Crippen LogP contribution in [0, 0.1) is 0 Å². The standard InChI is InChI=1S/C7H4BrN3O/c8-5-1-2-6(9-3-5)7-11-10-4-12-7/h1-4H. The molecule has 2 heterocycles. The quantitative estimate of drug-likeness (QED) is 0.744. The van der Waals surface area contributed by atoms with E-state index >= 15 is 0 Å². The molecule has 0 N–H and O–H groups in total. The third-order valence-corrected chi connectivity index (χ3v) is 1.78. The van der Waals surface area contributed by atoms with Gasteiger partial charge in [0.1, 0.15) is 5.69 Å². The summed E-state index contributed by atoms with van der Waals surface area (Å²) >= 11 is 3.28. The van der Waals surface area contributed by atoms with Crippen molar-refractivity contribution < 1.29 is 4.42 Å². The van der Waals surface area contributed by atoms with Gasteiger partial charge < -0.3 is 4.42 Å². The minimum atomic E-state index is 0.433. The Morgan fingerprint density at radius 1 is 1.33 bits per heavy atom. The molecule has 0 fully saturated rings. The van der Waals surface area contributed by atoms with Crippen LogP contribution in [0.1, 0.15) is 0 Å². The molecule has 0 aliphatic carbocycles. The molecule has 0 aromatic carbocycles. The van der Waals surface area contributed by atoms with E-state index in [1.165, 1.54) is 6.39 Å². The highest BCUT2D eigenvalue weighted by molar-refractivity contribution is 9.10. The zero-order valence-electron chi connectivity index (χ0n) is 5.94. The van der Waals surface area contributed by atoms with Gasteiger partial charge in [-0.15, -0.1) is 10.2 Å². The van der Waals surface area contributed by atoms with Crippen LogP contribution in [0.5, 0.6) is 0 Å². The lowest BCUT2D eigenvalue weighted by atomic mass is 10.3. The van der Waals surface area contributed by atoms with Crippen LogP contribution in [0.25, 0.3) is 11.6 Å². The number of nitrogens with zero attached hydrogens (tertiary/aromatic N) is 3. The second kappa shape index (κ2) is 3.02. The lowest BCUT2D eigenvalue weighted by Gasteiger charge is -1.92. The van der Waals surface area contributed by atoms with E-state index in [9.17, 15) is 0 Å². The molecule has 4 nitrogen and oxygen atoms in total. The van der Waals surface area contributed by atoms with Gasteiger partial charge >= 0.3 is 0 Å². The number of rotatable bonds is 1. The average molecular weight is 226 g/mol. The lowest BCUT2D eigenvalue weighted by molar-refractivity contribution is 0.566. The van der Waals surface area contributed by atoms with Gasteiger partial charge in [-0.3, -0.25) is 0 Å². The van der Waals surface area contributed by atoms with Gasteiger partial charge in [0, 0.05) is 10.7 Å². The maximum Gasteiger partial charge on any atom is 0.266 e. The van der Waals surface area contributed by atoms with E-state index in [2.05, 4.69) is 31.1 Å². The van der Waals surface area contributed by atoms with Crippen LogP contribution in [-0.2, 0) is 0 Å². The van der Waals surface area contributed by atoms with Crippen LogP contribution in [0.4, 0.5) is 0 Å². The first-order valence-corrected chi connectivity index (χ1v) is 4.03. The van der Waals surface area contributed by atoms with Gasteiger partial charge in [0.25, 0.3) is 5.89 Å². The largest absolute Gasteiger partial charge is 0.422 e. The second-order valence-electron chi connectivity index (χ2n) is 2.11. The Balaban J connectivity index is 2.43. The minimum absolute atomic E-state index is 0.433. The zero-order chi connectivity index (χ0) is 8.39. The van der Waals surface area contributed by atoms with E-state index < -0.39 is 0 Å². The molecular weight excluding hydrogens is 222 g/mol. The van der Waals surface area contributed by atoms with Gasteiger partial charge in [-0.25, -0.2) is 4.98 Å². The molecule has 0 saturated heterocycles. The summed E-state index contributed by atoms with van der Waals surface area (Å²) in [6, 6.07) is 3.67. The fourth-order valence-corrected chi connectivity index (χ4v) is 1.02. The summed E-state index contributed by atoms with van der Waals surface area (Å²) in [4.78, 5) is 4.08. The third-order valence-electron chi connectivity index (χ3n) is 1.31. The van der Waals surface area contributed by atoms with Crippen molar-refractivity contribution >= 4 is 15.9 Å². The molecule has 0 bridgehead atoms. The SMILES string of the molecule is Brc1ccc(-c2nnco2)nc1. The van der Waals surface area contributed by atoms with Gasteiger partial charge in [-0.2, -0.15) is 0 Å². The van der Waals surface area contributed by atoms with E-state index in [1.54, 1.807) is 12.3 Å². The van der Waals surface area contributed by atoms with Crippen molar-refractivity contribution in [2.24, 2.45) is 0 Å². The Bertz CT molecular complexity index is 357. The van der Waals surface area contributed by atoms with Crippen molar-refractivity contribution in [3.63, 3.8) is 0 Å². The normalized spacial score (nSPS) is 10.1. The summed E-state index contributed by atoms with van der Waals surface area (Å²) in [6.45, 7) is 0. The monoisotopic (exact) mass is 225 g/mol. The lowest BCUT2D eigenvalue weighted by Crippen LogP contribution is -1.82. The predicted octanol–water partition coefficient (Wildman–Crippen LogP) is 1.89. The third kappa shape index (κ3) is 1.35. The van der Waals surface area contributed by atoms with Crippen molar-refractivity contribution in [3.8, 4) is 11.6 Å². The van der Waals surface area contributed by atoms with E-state index in [0.29, 0.717) is 11.6 Å². The molecule has 0 atom stereocenters. The zero-order valence-corrected chi connectivity index (χ0v) is 7.52. The van der Waals surface area contributed by atoms with E-state index in [-0.39, 0.29) is 0 Å². The van der Waals surface area contributed by atoms with Crippen molar-refractivity contribution in [1.29, 1.82) is 0 Å². The van der Waals surface area contributed by atoms with Crippen LogP contribution in [0.3, 0.4) is 0 Å². The molecule has 0 spiro atoms. The Labute approximate surface area is 76.8 Å². The van der Waals surface area contributed by atoms with Gasteiger partial charge in [0.15, 0.2) is 0 Å². The molecular formula is C7H4BrN3O. The van der Waals surface area contributed by atoms with Gasteiger partial charge in [-0.1, -0.05) is 0 Å². The van der Waals surface area contributed by atoms with Crippen LogP contribution in [0.2, 0.25) is 0 Å². The van der Waals surface area contributed by atoms with Gasteiger partial charge in [0.05, 0.1) is 0 Å². The minimum Gasteiger partial charge on any atom is -0.422 e. The first-order valence-electron chi connectivity index (χ1n) is 3.24. The fourth-order valence-electron chi connectivity index (χ4n) is 0.787. The van der Waals surface area contributed by atoms with Crippen molar-refractivity contribution in [2.45, 2.75) is 0 Å². The first-order chi connectivity index (χ1) is 5.86. The van der Waals surface area contributed by atoms with Crippen LogP contribution in [0.15, 0.2) is 33.6 Å². The van der Waals surface area contributed by atoms with Gasteiger partial charge in [0.2, 0.25) is 6.39 Å². The summed E-state index contributed by atoms with van der Waals surface area (Å²) in [7, 11) is 0. The Kier molecular flexibility index (Phi) is 1.87. The van der Waals surface area contributed by atoms with Crippen molar-refractivity contribution in [2.75, 3.05) is 0 Å². The molecule has 0 aliphatic rings. The maximum atomic E-state index is 4.96. The fraction of sp³-hybridized carbons (Fsp3) is 0. The number of hydrogen-bond donors (Lipinski definition) is 0. The molecule has 0 saturated carbocycles. The van der Waals surface area contributed by atoms with Crippen LogP contribution < -0.4 is 0 Å². The highest BCUT2D eigenvalue weighted by Gasteiger charge is 2.02. The number of pyridine rings is 1. The molecule has 0 unspecified atom stereocenters. The molecule has 60 valence electrons. The second-order valence-corrected chi connectivity index (χ2v) is 3.02. The summed E-state index contributed by atoms with van der Waals surface area (Å²) in [6.07, 6.45) is 2.96. The van der Waals surface area contributed by atoms with Crippen LogP contribution in [-0.4, -0.2) is 15.2 Å². The molecule has 12 heavy (non-hydrogen) atoms. The maximum absolute atomic E-state index is 4.96. The molecule has 2 aromatic heterocycles. The Morgan fingerprint density at radius 2 is 2.25 bits per heavy atom.